The first-order chi connectivity index (χ1) is 17.6. The molecule has 0 saturated heterocycles. The monoisotopic (exact) mass is 567 g/mol. The van der Waals surface area contributed by atoms with Crippen LogP contribution in [0.1, 0.15) is 55.9 Å². The molecule has 4 N–H and O–H groups in total. The minimum Gasteiger partial charge on any atom is -0.449 e. The fourth-order valence-corrected chi connectivity index (χ4v) is 6.33. The zero-order chi connectivity index (χ0) is 26.3. The van der Waals surface area contributed by atoms with E-state index in [1.807, 2.05) is 17.7 Å². The van der Waals surface area contributed by atoms with Crippen LogP contribution in [0.4, 0.5) is 5.82 Å². The number of carbonyl (C=O) groups is 1. The summed E-state index contributed by atoms with van der Waals surface area (Å²) in [5, 5.41) is 13.8. The smallest absolute Gasteiger partial charge is 0.333 e. The Bertz CT molecular complexity index is 1420. The van der Waals surface area contributed by atoms with Crippen molar-refractivity contribution in [3.63, 3.8) is 0 Å². The SMILES string of the molecule is Cc1sc(C(=O)c2cncnc2N[C@H]2C[C@H](O)[C@@H]([CH]NS(=O)(=O)O)C2)cc1[C@H]1OCCc2oc(Cl)cc21. The van der Waals surface area contributed by atoms with Crippen LogP contribution < -0.4 is 10.0 Å². The molecule has 2 aliphatic rings. The predicted molar refractivity (Wildman–Crippen MR) is 135 cm³/mol. The van der Waals surface area contributed by atoms with Crippen molar-refractivity contribution in [2.24, 2.45) is 5.92 Å². The van der Waals surface area contributed by atoms with E-state index >= 15 is 0 Å². The van der Waals surface area contributed by atoms with Crippen molar-refractivity contribution < 1.29 is 32.0 Å². The number of hydrogen-bond donors (Lipinski definition) is 4. The van der Waals surface area contributed by atoms with Gasteiger partial charge in [-0.15, -0.1) is 11.3 Å². The van der Waals surface area contributed by atoms with Gasteiger partial charge in [-0.1, -0.05) is 0 Å². The van der Waals surface area contributed by atoms with Crippen molar-refractivity contribution in [3.8, 4) is 0 Å². The molecule has 3 aromatic heterocycles. The number of rotatable bonds is 8. The second-order valence-corrected chi connectivity index (χ2v) is 11.8. The van der Waals surface area contributed by atoms with Crippen LogP contribution in [0.5, 0.6) is 0 Å². The molecule has 0 amide bonds. The van der Waals surface area contributed by atoms with Gasteiger partial charge in [0.2, 0.25) is 5.78 Å². The number of halogens is 1. The minimum absolute atomic E-state index is 0.265. The molecule has 11 nitrogen and oxygen atoms in total. The number of aliphatic hydroxyl groups excluding tert-OH is 1. The molecule has 0 spiro atoms. The molecule has 0 unspecified atom stereocenters. The van der Waals surface area contributed by atoms with Crippen molar-refractivity contribution >= 4 is 44.8 Å². The number of ketones is 1. The topological polar surface area (TPSA) is 164 Å². The van der Waals surface area contributed by atoms with Crippen molar-refractivity contribution in [1.29, 1.82) is 0 Å². The summed E-state index contributed by atoms with van der Waals surface area (Å²) in [4.78, 5) is 23.2. The lowest BCUT2D eigenvalue weighted by Crippen LogP contribution is -2.27. The van der Waals surface area contributed by atoms with Crippen LogP contribution >= 0.6 is 22.9 Å². The van der Waals surface area contributed by atoms with Gasteiger partial charge in [-0.2, -0.15) is 13.1 Å². The summed E-state index contributed by atoms with van der Waals surface area (Å²) in [5.74, 6) is 0.299. The number of aromatic nitrogens is 2. The Labute approximate surface area is 222 Å². The Morgan fingerprint density at radius 1 is 1.30 bits per heavy atom. The number of carbonyl (C=O) groups excluding carboxylic acids is 1. The maximum absolute atomic E-state index is 13.5. The molecule has 4 atom stereocenters. The number of ether oxygens (including phenoxy) is 1. The summed E-state index contributed by atoms with van der Waals surface area (Å²) >= 11 is 7.41. The van der Waals surface area contributed by atoms with Gasteiger partial charge in [-0.25, -0.2) is 9.97 Å². The van der Waals surface area contributed by atoms with E-state index in [0.29, 0.717) is 41.8 Å². The summed E-state index contributed by atoms with van der Waals surface area (Å²) < 4.78 is 44.3. The Morgan fingerprint density at radius 3 is 2.89 bits per heavy atom. The Hall–Kier alpha value is -2.39. The number of anilines is 1. The lowest BCUT2D eigenvalue weighted by Gasteiger charge is -2.22. The molecule has 4 heterocycles. The highest BCUT2D eigenvalue weighted by Gasteiger charge is 2.35. The third-order valence-electron chi connectivity index (χ3n) is 6.48. The van der Waals surface area contributed by atoms with E-state index in [1.165, 1.54) is 23.9 Å². The number of hydrogen-bond acceptors (Lipinski definition) is 10. The second-order valence-electron chi connectivity index (χ2n) is 8.97. The van der Waals surface area contributed by atoms with E-state index in [2.05, 4.69) is 15.3 Å². The van der Waals surface area contributed by atoms with Gasteiger partial charge in [0.05, 0.1) is 23.2 Å². The quantitative estimate of drug-likeness (QED) is 0.235. The summed E-state index contributed by atoms with van der Waals surface area (Å²) in [6.07, 6.45) is 2.82. The average Bonchev–Trinajstić information content (AvgIpc) is 3.52. The molecule has 1 radical (unpaired) electrons. The lowest BCUT2D eigenvalue weighted by molar-refractivity contribution is 0.0643. The Balaban J connectivity index is 1.34. The van der Waals surface area contributed by atoms with Crippen LogP contribution in [0.2, 0.25) is 5.22 Å². The van der Waals surface area contributed by atoms with Gasteiger partial charge >= 0.3 is 10.3 Å². The van der Waals surface area contributed by atoms with Crippen molar-refractivity contribution in [2.45, 2.75) is 44.4 Å². The molecule has 1 saturated carbocycles. The van der Waals surface area contributed by atoms with Crippen molar-refractivity contribution in [1.82, 2.24) is 14.7 Å². The predicted octanol–water partition coefficient (Wildman–Crippen LogP) is 3.09. The molecule has 0 aromatic carbocycles. The fraction of sp³-hybridized carbons (Fsp3) is 0.391. The summed E-state index contributed by atoms with van der Waals surface area (Å²) in [6, 6.07) is 3.27. The zero-order valence-electron chi connectivity index (χ0n) is 19.5. The Kier molecular flexibility index (Phi) is 7.38. The van der Waals surface area contributed by atoms with Crippen LogP contribution in [0.25, 0.3) is 0 Å². The highest BCUT2D eigenvalue weighted by atomic mass is 35.5. The molecule has 1 aliphatic heterocycles. The van der Waals surface area contributed by atoms with E-state index < -0.39 is 22.3 Å². The summed E-state index contributed by atoms with van der Waals surface area (Å²) in [5.41, 5.74) is 1.99. The van der Waals surface area contributed by atoms with Crippen LogP contribution in [0.3, 0.4) is 0 Å². The van der Waals surface area contributed by atoms with Crippen LogP contribution in [0, 0.1) is 19.4 Å². The molecule has 197 valence electrons. The first-order valence-electron chi connectivity index (χ1n) is 11.5. The number of nitrogens with zero attached hydrogens (tertiary/aromatic N) is 2. The normalized spacial score (nSPS) is 23.7. The molecule has 14 heteroatoms. The molecular weight excluding hydrogens is 544 g/mol. The number of nitrogens with one attached hydrogen (secondary N) is 2. The van der Waals surface area contributed by atoms with Gasteiger partial charge in [-0.3, -0.25) is 9.35 Å². The molecule has 1 fully saturated rings. The summed E-state index contributed by atoms with van der Waals surface area (Å²) in [6.45, 7) is 3.55. The number of furan rings is 1. The van der Waals surface area contributed by atoms with Gasteiger partial charge < -0.3 is 19.6 Å². The number of aliphatic hydroxyl groups is 1. The van der Waals surface area contributed by atoms with Crippen LogP contribution in [-0.2, 0) is 21.5 Å². The van der Waals surface area contributed by atoms with E-state index in [1.54, 1.807) is 6.07 Å². The lowest BCUT2D eigenvalue weighted by atomic mass is 9.98. The van der Waals surface area contributed by atoms with Gasteiger partial charge in [0, 0.05) is 47.6 Å². The maximum atomic E-state index is 13.5. The number of fused-ring (bicyclic) bond motifs is 1. The first-order valence-corrected chi connectivity index (χ1v) is 14.1. The van der Waals surface area contributed by atoms with Gasteiger partial charge in [0.25, 0.3) is 0 Å². The third-order valence-corrected chi connectivity index (χ3v) is 8.16. The molecule has 3 aromatic rings. The summed E-state index contributed by atoms with van der Waals surface area (Å²) in [7, 11) is -4.41. The van der Waals surface area contributed by atoms with Crippen molar-refractivity contribution in [2.75, 3.05) is 11.9 Å². The van der Waals surface area contributed by atoms with E-state index in [4.69, 9.17) is 25.3 Å². The van der Waals surface area contributed by atoms with E-state index in [9.17, 15) is 18.3 Å². The average molecular weight is 568 g/mol. The van der Waals surface area contributed by atoms with Gasteiger partial charge in [0.1, 0.15) is 24.0 Å². The van der Waals surface area contributed by atoms with E-state index in [-0.39, 0.29) is 23.5 Å². The Morgan fingerprint density at radius 2 is 2.11 bits per heavy atom. The third kappa shape index (κ3) is 5.72. The van der Waals surface area contributed by atoms with Gasteiger partial charge in [0.15, 0.2) is 5.22 Å². The zero-order valence-corrected chi connectivity index (χ0v) is 21.9. The van der Waals surface area contributed by atoms with Crippen LogP contribution in [-0.4, -0.2) is 52.6 Å². The standard InChI is InChI=1S/C23H24ClN4O7S2/c1-11-14(22-15-7-20(24)35-18(15)2-3-34-22)6-19(36-11)21(30)16-9-25-10-26-23(16)28-13-4-12(17(29)5-13)8-27-37(31,32)33/h6-10,12-13,17,22,27,29H,2-5H2,1H3,(H,25,26,28)(H,31,32,33)/t12-,13-,17+,22-/m1/s1. The highest BCUT2D eigenvalue weighted by Crippen LogP contribution is 2.40. The molecule has 1 aliphatic carbocycles. The molecule has 0 bridgehead atoms. The fourth-order valence-electron chi connectivity index (χ4n) is 4.77. The first kappa shape index (κ1) is 26.2. The van der Waals surface area contributed by atoms with Crippen LogP contribution in [0.15, 0.2) is 29.1 Å². The maximum Gasteiger partial charge on any atom is 0.333 e. The largest absolute Gasteiger partial charge is 0.449 e. The second kappa shape index (κ2) is 10.4. The highest BCUT2D eigenvalue weighted by molar-refractivity contribution is 7.83. The molecule has 5 rings (SSSR count). The van der Waals surface area contributed by atoms with E-state index in [0.717, 1.165) is 28.3 Å². The molecule has 37 heavy (non-hydrogen) atoms. The number of aryl methyl sites for hydroxylation is 1. The minimum atomic E-state index is -4.41. The number of thiophene rings is 1. The van der Waals surface area contributed by atoms with Crippen molar-refractivity contribution in [3.05, 3.63) is 68.6 Å². The molecular formula is C23H24ClN4O7S2. The van der Waals surface area contributed by atoms with Gasteiger partial charge in [-0.05, 0) is 43.0 Å².